The molecule has 1 aliphatic rings. The quantitative estimate of drug-likeness (QED) is 0.876. The highest BCUT2D eigenvalue weighted by Crippen LogP contribution is 2.33. The Bertz CT molecular complexity index is 484. The van der Waals surface area contributed by atoms with E-state index >= 15 is 0 Å². The predicted octanol–water partition coefficient (Wildman–Crippen LogP) is 4.56. The highest BCUT2D eigenvalue weighted by molar-refractivity contribution is 8.00. The van der Waals surface area contributed by atoms with Crippen molar-refractivity contribution >= 4 is 29.1 Å². The van der Waals surface area contributed by atoms with Crippen LogP contribution >= 0.6 is 23.4 Å². The molecule has 0 aromatic heterocycles. The van der Waals surface area contributed by atoms with Gasteiger partial charge in [0, 0.05) is 46.4 Å². The van der Waals surface area contributed by atoms with Gasteiger partial charge in [-0.1, -0.05) is 24.6 Å². The number of thioether (sulfide) groups is 1. The molecule has 4 heteroatoms. The van der Waals surface area contributed by atoms with Crippen molar-refractivity contribution in [2.45, 2.75) is 58.0 Å². The van der Waals surface area contributed by atoms with Gasteiger partial charge in [0.15, 0.2) is 0 Å². The van der Waals surface area contributed by atoms with Crippen molar-refractivity contribution in [3.05, 3.63) is 28.8 Å². The zero-order chi connectivity index (χ0) is 15.6. The van der Waals surface area contributed by atoms with Crippen LogP contribution in [0.4, 0.5) is 5.69 Å². The maximum Gasteiger partial charge on any atom is 0.0429 e. The summed E-state index contributed by atoms with van der Waals surface area (Å²) in [6.45, 7) is 13.2. The second-order valence-electron chi connectivity index (χ2n) is 6.89. The number of benzene rings is 1. The lowest BCUT2D eigenvalue weighted by Gasteiger charge is -2.40. The number of halogens is 1. The SMILES string of the molecule is CC1SCCN(c2cc(Cl)ccc2CNC(C)(C)C)C1C. The van der Waals surface area contributed by atoms with E-state index < -0.39 is 0 Å². The molecule has 0 saturated carbocycles. The lowest BCUT2D eigenvalue weighted by Crippen LogP contribution is -2.45. The topological polar surface area (TPSA) is 15.3 Å². The van der Waals surface area contributed by atoms with Gasteiger partial charge in [-0.2, -0.15) is 11.8 Å². The van der Waals surface area contributed by atoms with E-state index in [1.54, 1.807) is 0 Å². The summed E-state index contributed by atoms with van der Waals surface area (Å²) in [5.41, 5.74) is 2.74. The molecule has 1 aromatic rings. The molecular weight excluding hydrogens is 300 g/mol. The third-order valence-corrected chi connectivity index (χ3v) is 5.62. The summed E-state index contributed by atoms with van der Waals surface area (Å²) in [6.07, 6.45) is 0. The number of hydrogen-bond donors (Lipinski definition) is 1. The fourth-order valence-corrected chi connectivity index (χ4v) is 3.85. The van der Waals surface area contributed by atoms with Gasteiger partial charge in [0.05, 0.1) is 0 Å². The molecule has 1 heterocycles. The fraction of sp³-hybridized carbons (Fsp3) is 0.647. The van der Waals surface area contributed by atoms with Crippen LogP contribution in [0.25, 0.3) is 0 Å². The van der Waals surface area contributed by atoms with E-state index in [0.717, 1.165) is 18.1 Å². The summed E-state index contributed by atoms with van der Waals surface area (Å²) < 4.78 is 0. The molecule has 0 amide bonds. The van der Waals surface area contributed by atoms with Crippen molar-refractivity contribution in [1.82, 2.24) is 5.32 Å². The Kier molecular flexibility index (Phi) is 5.50. The maximum absolute atomic E-state index is 6.26. The number of nitrogens with zero attached hydrogens (tertiary/aromatic N) is 1. The smallest absolute Gasteiger partial charge is 0.0429 e. The largest absolute Gasteiger partial charge is 0.367 e. The molecule has 2 unspecified atom stereocenters. The van der Waals surface area contributed by atoms with Crippen molar-refractivity contribution in [3.63, 3.8) is 0 Å². The Hall–Kier alpha value is -0.380. The standard InChI is InChI=1S/C17H27ClN2S/c1-12-13(2)21-9-8-20(12)16-10-15(18)7-6-14(16)11-19-17(3,4)5/h6-7,10,12-13,19H,8-9,11H2,1-5H3. The second kappa shape index (κ2) is 6.80. The summed E-state index contributed by atoms with van der Waals surface area (Å²) in [5.74, 6) is 1.18. The van der Waals surface area contributed by atoms with Crippen LogP contribution in [0.5, 0.6) is 0 Å². The number of anilines is 1. The predicted molar refractivity (Wildman–Crippen MR) is 96.8 cm³/mol. The highest BCUT2D eigenvalue weighted by atomic mass is 35.5. The first-order chi connectivity index (χ1) is 9.78. The van der Waals surface area contributed by atoms with Gasteiger partial charge in [-0.05, 0) is 45.4 Å². The molecule has 1 aliphatic heterocycles. The minimum absolute atomic E-state index is 0.119. The number of nitrogens with one attached hydrogen (secondary N) is 1. The lowest BCUT2D eigenvalue weighted by atomic mass is 10.1. The van der Waals surface area contributed by atoms with Crippen LogP contribution in [0.1, 0.15) is 40.2 Å². The molecule has 1 N–H and O–H groups in total. The third kappa shape index (κ3) is 4.54. The molecular formula is C17H27ClN2S. The van der Waals surface area contributed by atoms with Crippen molar-refractivity contribution in [3.8, 4) is 0 Å². The van der Waals surface area contributed by atoms with Crippen LogP contribution in [0, 0.1) is 0 Å². The van der Waals surface area contributed by atoms with E-state index in [2.05, 4.69) is 68.7 Å². The maximum atomic E-state index is 6.26. The van der Waals surface area contributed by atoms with Gasteiger partial charge < -0.3 is 10.2 Å². The van der Waals surface area contributed by atoms with E-state index in [4.69, 9.17) is 11.6 Å². The first-order valence-corrected chi connectivity index (χ1v) is 9.12. The first-order valence-electron chi connectivity index (χ1n) is 7.69. The van der Waals surface area contributed by atoms with Gasteiger partial charge in [-0.15, -0.1) is 0 Å². The Morgan fingerprint density at radius 3 is 2.71 bits per heavy atom. The zero-order valence-corrected chi connectivity index (χ0v) is 15.3. The van der Waals surface area contributed by atoms with Crippen LogP contribution in [-0.2, 0) is 6.54 Å². The summed E-state index contributed by atoms with van der Waals surface area (Å²) >= 11 is 8.32. The second-order valence-corrected chi connectivity index (χ2v) is 8.81. The first kappa shape index (κ1) is 17.0. The molecule has 1 fully saturated rings. The molecule has 0 spiro atoms. The van der Waals surface area contributed by atoms with Gasteiger partial charge in [0.25, 0.3) is 0 Å². The fourth-order valence-electron chi connectivity index (χ4n) is 2.59. The van der Waals surface area contributed by atoms with Gasteiger partial charge >= 0.3 is 0 Å². The third-order valence-electron chi connectivity index (χ3n) is 4.05. The highest BCUT2D eigenvalue weighted by Gasteiger charge is 2.27. The number of hydrogen-bond acceptors (Lipinski definition) is 3. The Balaban J connectivity index is 2.26. The molecule has 0 radical (unpaired) electrons. The summed E-state index contributed by atoms with van der Waals surface area (Å²) in [6, 6.07) is 6.82. The van der Waals surface area contributed by atoms with Crippen LogP contribution < -0.4 is 10.2 Å². The van der Waals surface area contributed by atoms with Crippen molar-refractivity contribution in [1.29, 1.82) is 0 Å². The normalized spacial score (nSPS) is 23.4. The minimum Gasteiger partial charge on any atom is -0.367 e. The summed E-state index contributed by atoms with van der Waals surface area (Å²) in [5, 5.41) is 5.06. The van der Waals surface area contributed by atoms with Crippen molar-refractivity contribution < 1.29 is 0 Å². The molecule has 1 aromatic carbocycles. The summed E-state index contributed by atoms with van der Waals surface area (Å²) in [7, 11) is 0. The van der Waals surface area contributed by atoms with Crippen LogP contribution in [0.3, 0.4) is 0 Å². The Morgan fingerprint density at radius 2 is 2.05 bits per heavy atom. The summed E-state index contributed by atoms with van der Waals surface area (Å²) in [4.78, 5) is 2.52. The van der Waals surface area contributed by atoms with E-state index in [-0.39, 0.29) is 5.54 Å². The molecule has 2 nitrogen and oxygen atoms in total. The molecule has 0 aliphatic carbocycles. The van der Waals surface area contributed by atoms with Crippen LogP contribution in [-0.4, -0.2) is 29.1 Å². The van der Waals surface area contributed by atoms with Crippen molar-refractivity contribution in [2.24, 2.45) is 0 Å². The molecule has 0 bridgehead atoms. The monoisotopic (exact) mass is 326 g/mol. The van der Waals surface area contributed by atoms with Crippen molar-refractivity contribution in [2.75, 3.05) is 17.2 Å². The van der Waals surface area contributed by atoms with E-state index in [1.807, 2.05) is 6.07 Å². The lowest BCUT2D eigenvalue weighted by molar-refractivity contribution is 0.424. The zero-order valence-electron chi connectivity index (χ0n) is 13.7. The molecule has 2 atom stereocenters. The van der Waals surface area contributed by atoms with Gasteiger partial charge in [-0.3, -0.25) is 0 Å². The van der Waals surface area contributed by atoms with Gasteiger partial charge in [-0.25, -0.2) is 0 Å². The van der Waals surface area contributed by atoms with Crippen LogP contribution in [0.15, 0.2) is 18.2 Å². The molecule has 118 valence electrons. The van der Waals surface area contributed by atoms with Gasteiger partial charge in [0.1, 0.15) is 0 Å². The molecule has 21 heavy (non-hydrogen) atoms. The Labute approximate surface area is 138 Å². The van der Waals surface area contributed by atoms with Crippen LogP contribution in [0.2, 0.25) is 5.02 Å². The van der Waals surface area contributed by atoms with Gasteiger partial charge in [0.2, 0.25) is 0 Å². The average Bonchev–Trinajstić information content (AvgIpc) is 2.39. The Morgan fingerprint density at radius 1 is 1.33 bits per heavy atom. The average molecular weight is 327 g/mol. The van der Waals surface area contributed by atoms with E-state index in [0.29, 0.717) is 11.3 Å². The molecule has 2 rings (SSSR count). The minimum atomic E-state index is 0.119. The van der Waals surface area contributed by atoms with E-state index in [1.165, 1.54) is 17.0 Å². The molecule has 1 saturated heterocycles. The van der Waals surface area contributed by atoms with E-state index in [9.17, 15) is 0 Å². The number of rotatable bonds is 3.